The van der Waals surface area contributed by atoms with Gasteiger partial charge in [0.05, 0.1) is 5.60 Å². The molecule has 0 aromatic heterocycles. The average molecular weight is 402 g/mol. The molecule has 6 nitrogen and oxygen atoms in total. The van der Waals surface area contributed by atoms with Crippen LogP contribution < -0.4 is 5.46 Å². The van der Waals surface area contributed by atoms with Gasteiger partial charge in [0, 0.05) is 38.8 Å². The Kier molecular flexibility index (Phi) is 6.61. The van der Waals surface area contributed by atoms with E-state index in [0.29, 0.717) is 13.1 Å². The van der Waals surface area contributed by atoms with Crippen LogP contribution in [0.15, 0.2) is 24.3 Å². The highest BCUT2D eigenvalue weighted by atomic mass is 16.6. The van der Waals surface area contributed by atoms with E-state index >= 15 is 0 Å². The highest BCUT2D eigenvalue weighted by molar-refractivity contribution is 6.61. The lowest BCUT2D eigenvalue weighted by Crippen LogP contribution is -2.51. The molecular weight excluding hydrogens is 367 g/mol. The van der Waals surface area contributed by atoms with Crippen LogP contribution in [0, 0.1) is 0 Å². The van der Waals surface area contributed by atoms with Crippen molar-refractivity contribution in [1.82, 2.24) is 9.80 Å². The second-order valence-electron chi connectivity index (χ2n) is 9.85. The van der Waals surface area contributed by atoms with Crippen molar-refractivity contribution < 1.29 is 18.8 Å². The highest BCUT2D eigenvalue weighted by Crippen LogP contribution is 2.25. The van der Waals surface area contributed by atoms with E-state index in [0.717, 1.165) is 31.5 Å². The average Bonchev–Trinajstić information content (AvgIpc) is 2.60. The first-order valence-electron chi connectivity index (χ1n) is 10.6. The predicted molar refractivity (Wildman–Crippen MR) is 115 cm³/mol. The number of carbonyl (C=O) groups is 1. The summed E-state index contributed by atoms with van der Waals surface area (Å²) in [5.74, 6) is 0. The zero-order valence-electron chi connectivity index (χ0n) is 18.7. The summed E-state index contributed by atoms with van der Waals surface area (Å²) >= 11 is 0. The lowest BCUT2D eigenvalue weighted by atomic mass is 9.75. The Labute approximate surface area is 175 Å². The zero-order chi connectivity index (χ0) is 21.2. The SMILES string of the molecule is CC1CC(C)(C)OB(c2ccc(CN3CCN(C(=O)OC(C)(C)C)CC3)cc2)O1. The van der Waals surface area contributed by atoms with Crippen molar-refractivity contribution in [2.45, 2.75) is 71.8 Å². The van der Waals surface area contributed by atoms with Gasteiger partial charge in [-0.15, -0.1) is 0 Å². The summed E-state index contributed by atoms with van der Waals surface area (Å²) in [4.78, 5) is 16.4. The largest absolute Gasteiger partial charge is 0.494 e. The molecule has 3 rings (SSSR count). The minimum atomic E-state index is -0.450. The smallest absolute Gasteiger partial charge is 0.444 e. The minimum Gasteiger partial charge on any atom is -0.444 e. The van der Waals surface area contributed by atoms with E-state index in [4.69, 9.17) is 14.0 Å². The molecule has 1 aromatic carbocycles. The van der Waals surface area contributed by atoms with Crippen LogP contribution in [0.25, 0.3) is 0 Å². The van der Waals surface area contributed by atoms with E-state index in [1.165, 1.54) is 5.56 Å². The maximum atomic E-state index is 12.2. The van der Waals surface area contributed by atoms with Gasteiger partial charge in [0.1, 0.15) is 5.60 Å². The Balaban J connectivity index is 1.50. The van der Waals surface area contributed by atoms with E-state index in [1.54, 1.807) is 4.90 Å². The van der Waals surface area contributed by atoms with Gasteiger partial charge in [-0.05, 0) is 59.0 Å². The fraction of sp³-hybridized carbons (Fsp3) is 0.682. The Morgan fingerprint density at radius 2 is 1.79 bits per heavy atom. The molecule has 1 amide bonds. The molecule has 0 spiro atoms. The zero-order valence-corrected chi connectivity index (χ0v) is 18.7. The normalized spacial score (nSPS) is 23.2. The molecule has 2 heterocycles. The lowest BCUT2D eigenvalue weighted by Gasteiger charge is -2.38. The summed E-state index contributed by atoms with van der Waals surface area (Å²) < 4.78 is 17.6. The number of hydrogen-bond acceptors (Lipinski definition) is 5. The number of carbonyl (C=O) groups excluding carboxylic acids is 1. The molecule has 2 aliphatic rings. The van der Waals surface area contributed by atoms with Crippen LogP contribution >= 0.6 is 0 Å². The van der Waals surface area contributed by atoms with Crippen LogP contribution in [0.5, 0.6) is 0 Å². The summed E-state index contributed by atoms with van der Waals surface area (Å²) in [6, 6.07) is 8.50. The molecule has 7 heteroatoms. The molecule has 29 heavy (non-hydrogen) atoms. The number of benzene rings is 1. The Morgan fingerprint density at radius 3 is 2.34 bits per heavy atom. The third-order valence-electron chi connectivity index (χ3n) is 5.24. The van der Waals surface area contributed by atoms with Crippen LogP contribution in [0.2, 0.25) is 0 Å². The van der Waals surface area contributed by atoms with Crippen LogP contribution in [0.4, 0.5) is 4.79 Å². The van der Waals surface area contributed by atoms with Crippen molar-refractivity contribution in [2.24, 2.45) is 0 Å². The van der Waals surface area contributed by atoms with Gasteiger partial charge in [-0.25, -0.2) is 4.79 Å². The van der Waals surface area contributed by atoms with Crippen molar-refractivity contribution in [3.8, 4) is 0 Å². The molecule has 1 aromatic rings. The van der Waals surface area contributed by atoms with E-state index in [2.05, 4.69) is 49.9 Å². The van der Waals surface area contributed by atoms with Gasteiger partial charge < -0.3 is 18.9 Å². The Bertz CT molecular complexity index is 694. The quantitative estimate of drug-likeness (QED) is 0.728. The van der Waals surface area contributed by atoms with Crippen molar-refractivity contribution in [3.05, 3.63) is 29.8 Å². The molecule has 0 bridgehead atoms. The van der Waals surface area contributed by atoms with Crippen molar-refractivity contribution in [2.75, 3.05) is 26.2 Å². The van der Waals surface area contributed by atoms with Crippen LogP contribution in [0.1, 0.15) is 53.5 Å². The maximum Gasteiger partial charge on any atom is 0.494 e. The summed E-state index contributed by atoms with van der Waals surface area (Å²) in [5.41, 5.74) is 1.69. The van der Waals surface area contributed by atoms with Gasteiger partial charge in [0.15, 0.2) is 0 Å². The van der Waals surface area contributed by atoms with Crippen LogP contribution in [-0.2, 0) is 20.6 Å². The molecule has 0 radical (unpaired) electrons. The second kappa shape index (κ2) is 8.66. The first-order valence-corrected chi connectivity index (χ1v) is 10.6. The Morgan fingerprint density at radius 1 is 1.17 bits per heavy atom. The Hall–Kier alpha value is -1.57. The van der Waals surface area contributed by atoms with Gasteiger partial charge in [-0.2, -0.15) is 0 Å². The molecule has 0 saturated carbocycles. The number of hydrogen-bond donors (Lipinski definition) is 0. The van der Waals surface area contributed by atoms with E-state index < -0.39 is 5.60 Å². The van der Waals surface area contributed by atoms with Crippen molar-refractivity contribution in [3.63, 3.8) is 0 Å². The standard InChI is InChI=1S/C22H35BN2O4/c1-17-15-22(5,6)29-23(28-17)19-9-7-18(8-10-19)16-24-11-13-25(14-12-24)20(26)27-21(2,3)4/h7-10,17H,11-16H2,1-6H3. The van der Waals surface area contributed by atoms with Gasteiger partial charge in [-0.3, -0.25) is 4.90 Å². The number of ether oxygens (including phenoxy) is 1. The summed E-state index contributed by atoms with van der Waals surface area (Å²) in [6.45, 7) is 16.0. The van der Waals surface area contributed by atoms with Crippen molar-refractivity contribution >= 4 is 18.7 Å². The number of nitrogens with zero attached hydrogens (tertiary/aromatic N) is 2. The predicted octanol–water partition coefficient (Wildman–Crippen LogP) is 3.04. The first-order chi connectivity index (χ1) is 13.5. The van der Waals surface area contributed by atoms with E-state index in [9.17, 15) is 4.79 Å². The lowest BCUT2D eigenvalue weighted by molar-refractivity contribution is -0.0229. The molecule has 0 aliphatic carbocycles. The van der Waals surface area contributed by atoms with E-state index in [1.807, 2.05) is 20.8 Å². The van der Waals surface area contributed by atoms with Crippen LogP contribution in [-0.4, -0.2) is 66.5 Å². The highest BCUT2D eigenvalue weighted by Gasteiger charge is 2.38. The van der Waals surface area contributed by atoms with Crippen molar-refractivity contribution in [1.29, 1.82) is 0 Å². The first kappa shape index (κ1) is 22.1. The van der Waals surface area contributed by atoms with Gasteiger partial charge in [0.25, 0.3) is 0 Å². The molecule has 0 N–H and O–H groups in total. The molecular formula is C22H35BN2O4. The maximum absolute atomic E-state index is 12.2. The monoisotopic (exact) mass is 402 g/mol. The third kappa shape index (κ3) is 6.46. The van der Waals surface area contributed by atoms with Gasteiger partial charge in [0.2, 0.25) is 0 Å². The second-order valence-corrected chi connectivity index (χ2v) is 9.85. The summed E-state index contributed by atoms with van der Waals surface area (Å²) in [5, 5.41) is 0. The van der Waals surface area contributed by atoms with E-state index in [-0.39, 0.29) is 24.9 Å². The topological polar surface area (TPSA) is 51.2 Å². The number of rotatable bonds is 3. The van der Waals surface area contributed by atoms with Crippen LogP contribution in [0.3, 0.4) is 0 Å². The third-order valence-corrected chi connectivity index (χ3v) is 5.24. The molecule has 1 unspecified atom stereocenters. The minimum absolute atomic E-state index is 0.172. The molecule has 160 valence electrons. The van der Waals surface area contributed by atoms with Gasteiger partial charge >= 0.3 is 13.2 Å². The summed E-state index contributed by atoms with van der Waals surface area (Å²) in [6.07, 6.45) is 0.868. The fourth-order valence-corrected chi connectivity index (χ4v) is 3.92. The molecule has 2 saturated heterocycles. The molecule has 2 aliphatic heterocycles. The fourth-order valence-electron chi connectivity index (χ4n) is 3.92. The molecule has 1 atom stereocenters. The van der Waals surface area contributed by atoms with Gasteiger partial charge in [-0.1, -0.05) is 24.3 Å². The number of amides is 1. The molecule has 2 fully saturated rings. The summed E-state index contributed by atoms with van der Waals surface area (Å²) in [7, 11) is -0.305. The number of piperazine rings is 1.